The minimum Gasteiger partial charge on any atom is -0.330 e. The lowest BCUT2D eigenvalue weighted by molar-refractivity contribution is 0.164. The Morgan fingerprint density at radius 2 is 2.07 bits per heavy atom. The smallest absolute Gasteiger partial charge is 0.0112 e. The van der Waals surface area contributed by atoms with E-state index in [-0.39, 0.29) is 0 Å². The third-order valence-corrected chi connectivity index (χ3v) is 3.61. The molecule has 3 N–H and O–H groups in total. The van der Waals surface area contributed by atoms with Gasteiger partial charge in [0.15, 0.2) is 0 Å². The van der Waals surface area contributed by atoms with E-state index < -0.39 is 0 Å². The van der Waals surface area contributed by atoms with Gasteiger partial charge in [0.05, 0.1) is 0 Å². The quantitative estimate of drug-likeness (QED) is 0.726. The zero-order chi connectivity index (χ0) is 10.6. The van der Waals surface area contributed by atoms with Crippen LogP contribution in [0.25, 0.3) is 0 Å². The number of unbranched alkanes of at least 4 members (excludes halogenated alkanes) is 1. The van der Waals surface area contributed by atoms with Gasteiger partial charge in [-0.2, -0.15) is 0 Å². The maximum atomic E-state index is 5.86. The highest BCUT2D eigenvalue weighted by Crippen LogP contribution is 2.27. The van der Waals surface area contributed by atoms with Gasteiger partial charge in [0.2, 0.25) is 0 Å². The monoisotopic (exact) mass is 198 g/mol. The highest BCUT2D eigenvalue weighted by molar-refractivity contribution is 4.89. The first-order chi connectivity index (χ1) is 6.69. The van der Waals surface area contributed by atoms with Crippen molar-refractivity contribution < 1.29 is 0 Å². The van der Waals surface area contributed by atoms with Crippen LogP contribution in [0, 0.1) is 11.8 Å². The molecule has 84 valence electrons. The lowest BCUT2D eigenvalue weighted by atomic mass is 9.77. The van der Waals surface area contributed by atoms with E-state index >= 15 is 0 Å². The van der Waals surface area contributed by atoms with E-state index in [4.69, 9.17) is 5.73 Å². The second kappa shape index (κ2) is 5.72. The molecule has 1 aliphatic rings. The summed E-state index contributed by atoms with van der Waals surface area (Å²) < 4.78 is 0. The lowest BCUT2D eigenvalue weighted by Crippen LogP contribution is -2.52. The van der Waals surface area contributed by atoms with Gasteiger partial charge in [-0.25, -0.2) is 0 Å². The zero-order valence-corrected chi connectivity index (χ0v) is 9.92. The van der Waals surface area contributed by atoms with Crippen molar-refractivity contribution in [3.05, 3.63) is 0 Å². The fraction of sp³-hybridized carbons (Fsp3) is 1.00. The topological polar surface area (TPSA) is 38.0 Å². The first-order valence-electron chi connectivity index (χ1n) is 6.15. The second-order valence-electron chi connectivity index (χ2n) is 4.93. The number of hydrogen-bond acceptors (Lipinski definition) is 2. The van der Waals surface area contributed by atoms with Crippen LogP contribution >= 0.6 is 0 Å². The molecule has 0 bridgehead atoms. The Morgan fingerprint density at radius 1 is 1.36 bits per heavy atom. The van der Waals surface area contributed by atoms with Gasteiger partial charge in [0.1, 0.15) is 0 Å². The first kappa shape index (κ1) is 12.0. The summed E-state index contributed by atoms with van der Waals surface area (Å²) >= 11 is 0. The molecular weight excluding hydrogens is 172 g/mol. The van der Waals surface area contributed by atoms with E-state index in [1.54, 1.807) is 0 Å². The van der Waals surface area contributed by atoms with E-state index in [0.717, 1.165) is 12.5 Å². The molecule has 0 spiro atoms. The van der Waals surface area contributed by atoms with Crippen molar-refractivity contribution >= 4 is 0 Å². The summed E-state index contributed by atoms with van der Waals surface area (Å²) in [6.07, 6.45) is 5.20. The summed E-state index contributed by atoms with van der Waals surface area (Å²) in [5, 5.41) is 3.70. The van der Waals surface area contributed by atoms with Crippen molar-refractivity contribution in [3.63, 3.8) is 0 Å². The number of hydrogen-bond donors (Lipinski definition) is 2. The first-order valence-corrected chi connectivity index (χ1v) is 6.15. The molecule has 14 heavy (non-hydrogen) atoms. The Bertz CT molecular complexity index is 158. The predicted octanol–water partition coefficient (Wildman–Crippen LogP) is 2.14. The van der Waals surface area contributed by atoms with Crippen molar-refractivity contribution in [2.45, 2.75) is 58.5 Å². The maximum Gasteiger partial charge on any atom is 0.0112 e. The van der Waals surface area contributed by atoms with Gasteiger partial charge in [-0.05, 0) is 38.1 Å². The van der Waals surface area contributed by atoms with Gasteiger partial charge >= 0.3 is 0 Å². The van der Waals surface area contributed by atoms with Gasteiger partial charge in [-0.3, -0.25) is 0 Å². The molecule has 1 rings (SSSR count). The van der Waals surface area contributed by atoms with E-state index in [1.807, 2.05) is 0 Å². The SMILES string of the molecule is CCCCC1NC(C)CC(C)C1CN. The van der Waals surface area contributed by atoms with Crippen LogP contribution in [0.15, 0.2) is 0 Å². The fourth-order valence-corrected chi connectivity index (χ4v) is 2.80. The molecule has 1 fully saturated rings. The number of rotatable bonds is 4. The Hall–Kier alpha value is -0.0800. The normalized spacial score (nSPS) is 38.6. The molecule has 0 radical (unpaired) electrons. The summed E-state index contributed by atoms with van der Waals surface area (Å²) in [7, 11) is 0. The third kappa shape index (κ3) is 2.96. The van der Waals surface area contributed by atoms with Crippen LogP contribution in [-0.4, -0.2) is 18.6 Å². The average Bonchev–Trinajstić information content (AvgIpc) is 2.14. The summed E-state index contributed by atoms with van der Waals surface area (Å²) in [5.74, 6) is 1.48. The average molecular weight is 198 g/mol. The molecule has 4 atom stereocenters. The largest absolute Gasteiger partial charge is 0.330 e. The molecule has 2 nitrogen and oxygen atoms in total. The molecule has 0 saturated carbocycles. The Morgan fingerprint density at radius 3 is 2.64 bits per heavy atom. The molecule has 0 aromatic carbocycles. The number of nitrogens with two attached hydrogens (primary N) is 1. The predicted molar refractivity (Wildman–Crippen MR) is 62.2 cm³/mol. The van der Waals surface area contributed by atoms with Crippen molar-refractivity contribution in [3.8, 4) is 0 Å². The van der Waals surface area contributed by atoms with Crippen LogP contribution < -0.4 is 11.1 Å². The van der Waals surface area contributed by atoms with E-state index in [2.05, 4.69) is 26.1 Å². The van der Waals surface area contributed by atoms with Gasteiger partial charge < -0.3 is 11.1 Å². The van der Waals surface area contributed by atoms with E-state index in [9.17, 15) is 0 Å². The molecule has 1 aliphatic heterocycles. The van der Waals surface area contributed by atoms with Gasteiger partial charge in [-0.1, -0.05) is 26.7 Å². The molecule has 0 aliphatic carbocycles. The molecular formula is C12H26N2. The summed E-state index contributed by atoms with van der Waals surface area (Å²) in [4.78, 5) is 0. The molecule has 0 aromatic heterocycles. The minimum atomic E-state index is 0.665. The maximum absolute atomic E-state index is 5.86. The highest BCUT2D eigenvalue weighted by Gasteiger charge is 2.31. The van der Waals surface area contributed by atoms with E-state index in [0.29, 0.717) is 18.0 Å². The van der Waals surface area contributed by atoms with Crippen molar-refractivity contribution in [2.75, 3.05) is 6.54 Å². The van der Waals surface area contributed by atoms with Crippen molar-refractivity contribution in [2.24, 2.45) is 17.6 Å². The van der Waals surface area contributed by atoms with Crippen LogP contribution in [0.5, 0.6) is 0 Å². The second-order valence-corrected chi connectivity index (χ2v) is 4.93. The minimum absolute atomic E-state index is 0.665. The third-order valence-electron chi connectivity index (χ3n) is 3.61. The standard InChI is InChI=1S/C12H26N2/c1-4-5-6-12-11(8-13)9(2)7-10(3)14-12/h9-12,14H,4-8,13H2,1-3H3. The Kier molecular flexibility index (Phi) is 4.90. The van der Waals surface area contributed by atoms with Crippen LogP contribution in [-0.2, 0) is 0 Å². The molecule has 2 heteroatoms. The summed E-state index contributed by atoms with van der Waals surface area (Å²) in [6.45, 7) is 7.75. The Labute approximate surface area is 88.6 Å². The molecule has 4 unspecified atom stereocenters. The highest BCUT2D eigenvalue weighted by atomic mass is 15.0. The number of piperidine rings is 1. The van der Waals surface area contributed by atoms with Crippen molar-refractivity contribution in [1.82, 2.24) is 5.32 Å². The molecule has 1 saturated heterocycles. The molecule has 0 amide bonds. The van der Waals surface area contributed by atoms with Gasteiger partial charge in [0.25, 0.3) is 0 Å². The van der Waals surface area contributed by atoms with Crippen LogP contribution in [0.4, 0.5) is 0 Å². The van der Waals surface area contributed by atoms with Crippen LogP contribution in [0.1, 0.15) is 46.5 Å². The summed E-state index contributed by atoms with van der Waals surface area (Å²) in [6, 6.07) is 1.34. The molecule has 1 heterocycles. The van der Waals surface area contributed by atoms with Gasteiger partial charge in [-0.15, -0.1) is 0 Å². The zero-order valence-electron chi connectivity index (χ0n) is 9.92. The Balaban J connectivity index is 2.49. The van der Waals surface area contributed by atoms with Crippen molar-refractivity contribution in [1.29, 1.82) is 0 Å². The summed E-state index contributed by atoms with van der Waals surface area (Å²) in [5.41, 5.74) is 5.86. The molecule has 0 aromatic rings. The van der Waals surface area contributed by atoms with Gasteiger partial charge in [0, 0.05) is 12.1 Å². The van der Waals surface area contributed by atoms with Crippen LogP contribution in [0.3, 0.4) is 0 Å². The van der Waals surface area contributed by atoms with E-state index in [1.165, 1.54) is 25.7 Å². The fourth-order valence-electron chi connectivity index (χ4n) is 2.80. The number of nitrogens with one attached hydrogen (secondary N) is 1. The lowest BCUT2D eigenvalue weighted by Gasteiger charge is -2.40. The van der Waals surface area contributed by atoms with Crippen LogP contribution in [0.2, 0.25) is 0 Å².